The minimum absolute atomic E-state index is 0.302. The molecular weight excluding hydrogens is 334 g/mol. The number of rotatable bonds is 9. The van der Waals surface area contributed by atoms with Gasteiger partial charge in [0.2, 0.25) is 0 Å². The van der Waals surface area contributed by atoms with Crippen molar-refractivity contribution in [2.24, 2.45) is 0 Å². The van der Waals surface area contributed by atoms with E-state index in [0.29, 0.717) is 18.8 Å². The van der Waals surface area contributed by atoms with Crippen molar-refractivity contribution in [2.75, 3.05) is 61.2 Å². The van der Waals surface area contributed by atoms with Gasteiger partial charge in [0.25, 0.3) is 0 Å². The molecule has 0 saturated heterocycles. The van der Waals surface area contributed by atoms with Crippen molar-refractivity contribution in [3.8, 4) is 0 Å². The van der Waals surface area contributed by atoms with Gasteiger partial charge in [0, 0.05) is 37.6 Å². The summed E-state index contributed by atoms with van der Waals surface area (Å²) in [7, 11) is 8.17. The van der Waals surface area contributed by atoms with Crippen molar-refractivity contribution in [3.63, 3.8) is 0 Å². The SMILES string of the molecule is C=C(C)C(=O)OCC[N+](C)(C)C.C=CC(=O)OCCCN1C=CN(C)C1. The van der Waals surface area contributed by atoms with E-state index in [0.717, 1.165) is 30.7 Å². The predicted octanol–water partition coefficient (Wildman–Crippen LogP) is 1.59. The van der Waals surface area contributed by atoms with Crippen molar-refractivity contribution in [3.05, 3.63) is 37.2 Å². The summed E-state index contributed by atoms with van der Waals surface area (Å²) >= 11 is 0. The second-order valence-corrected chi connectivity index (χ2v) is 7.16. The highest BCUT2D eigenvalue weighted by Crippen LogP contribution is 2.03. The first-order chi connectivity index (χ1) is 12.0. The Balaban J connectivity index is 0.000000488. The second kappa shape index (κ2) is 12.1. The van der Waals surface area contributed by atoms with Crippen LogP contribution in [0.3, 0.4) is 0 Å². The van der Waals surface area contributed by atoms with E-state index in [1.54, 1.807) is 6.92 Å². The number of nitrogens with zero attached hydrogens (tertiary/aromatic N) is 3. The Labute approximate surface area is 157 Å². The number of carbonyl (C=O) groups excluding carboxylic acids is 2. The van der Waals surface area contributed by atoms with Crippen LogP contribution in [0.15, 0.2) is 37.2 Å². The van der Waals surface area contributed by atoms with Crippen LogP contribution >= 0.6 is 0 Å². The lowest BCUT2D eigenvalue weighted by molar-refractivity contribution is -0.870. The molecule has 0 aliphatic carbocycles. The van der Waals surface area contributed by atoms with Crippen LogP contribution in [0.25, 0.3) is 0 Å². The molecule has 0 N–H and O–H groups in total. The topological polar surface area (TPSA) is 59.1 Å². The minimum atomic E-state index is -0.348. The average molecular weight is 368 g/mol. The third-order valence-electron chi connectivity index (χ3n) is 3.28. The number of ether oxygens (including phenoxy) is 2. The number of hydrogen-bond acceptors (Lipinski definition) is 6. The summed E-state index contributed by atoms with van der Waals surface area (Å²) in [6.45, 7) is 12.0. The predicted molar refractivity (Wildman–Crippen MR) is 103 cm³/mol. The molecule has 0 aromatic heterocycles. The average Bonchev–Trinajstić information content (AvgIpc) is 2.96. The van der Waals surface area contributed by atoms with Crippen LogP contribution in [0.1, 0.15) is 13.3 Å². The molecule has 148 valence electrons. The first-order valence-electron chi connectivity index (χ1n) is 8.60. The van der Waals surface area contributed by atoms with Crippen molar-refractivity contribution < 1.29 is 23.5 Å². The third-order valence-corrected chi connectivity index (χ3v) is 3.28. The van der Waals surface area contributed by atoms with Crippen LogP contribution in [-0.4, -0.2) is 87.4 Å². The number of esters is 2. The van der Waals surface area contributed by atoms with Gasteiger partial charge in [0.15, 0.2) is 0 Å². The molecule has 1 rings (SSSR count). The Morgan fingerprint density at radius 3 is 2.31 bits per heavy atom. The van der Waals surface area contributed by atoms with Crippen LogP contribution in [0, 0.1) is 0 Å². The standard InChI is InChI=1S/C10H16N2O2.C9H18NO2/c1-3-10(13)14-8-4-5-12-7-6-11(2)9-12;1-8(2)9(11)12-7-6-10(3,4)5/h3,6-7H,1,4-5,8-9H2,2H3;1,6-7H2,2-5H3/q;+1. The monoisotopic (exact) mass is 368 g/mol. The van der Waals surface area contributed by atoms with E-state index in [-0.39, 0.29) is 11.9 Å². The van der Waals surface area contributed by atoms with E-state index >= 15 is 0 Å². The Bertz CT molecular complexity index is 509. The molecule has 26 heavy (non-hydrogen) atoms. The molecule has 7 heteroatoms. The second-order valence-electron chi connectivity index (χ2n) is 7.16. The van der Waals surface area contributed by atoms with Crippen molar-refractivity contribution in [2.45, 2.75) is 13.3 Å². The molecule has 0 spiro atoms. The zero-order valence-electron chi connectivity index (χ0n) is 16.9. The molecule has 0 aromatic rings. The van der Waals surface area contributed by atoms with Gasteiger partial charge in [-0.05, 0) is 13.3 Å². The molecule has 0 amide bonds. The van der Waals surface area contributed by atoms with Gasteiger partial charge in [-0.3, -0.25) is 0 Å². The van der Waals surface area contributed by atoms with Gasteiger partial charge < -0.3 is 23.8 Å². The number of carbonyl (C=O) groups is 2. The van der Waals surface area contributed by atoms with Crippen LogP contribution in [0.5, 0.6) is 0 Å². The number of hydrogen-bond donors (Lipinski definition) is 0. The highest BCUT2D eigenvalue weighted by molar-refractivity contribution is 5.86. The van der Waals surface area contributed by atoms with E-state index in [1.807, 2.05) is 19.4 Å². The van der Waals surface area contributed by atoms with Gasteiger partial charge >= 0.3 is 11.9 Å². The lowest BCUT2D eigenvalue weighted by atomic mass is 10.4. The summed E-state index contributed by atoms with van der Waals surface area (Å²) in [4.78, 5) is 25.8. The summed E-state index contributed by atoms with van der Waals surface area (Å²) in [5.74, 6) is -0.650. The largest absolute Gasteiger partial charge is 0.462 e. The fourth-order valence-electron chi connectivity index (χ4n) is 1.77. The normalized spacial score (nSPS) is 13.0. The zero-order chi connectivity index (χ0) is 20.2. The summed E-state index contributed by atoms with van der Waals surface area (Å²) in [5, 5.41) is 0. The van der Waals surface area contributed by atoms with Gasteiger partial charge in [0.05, 0.1) is 34.4 Å². The maximum atomic E-state index is 10.9. The van der Waals surface area contributed by atoms with Crippen LogP contribution < -0.4 is 0 Å². The third kappa shape index (κ3) is 13.1. The molecule has 1 aliphatic heterocycles. The molecule has 0 bridgehead atoms. The van der Waals surface area contributed by atoms with E-state index in [1.165, 1.54) is 6.08 Å². The van der Waals surface area contributed by atoms with Gasteiger partial charge in [-0.25, -0.2) is 9.59 Å². The van der Waals surface area contributed by atoms with Gasteiger partial charge in [0.1, 0.15) is 13.2 Å². The zero-order valence-corrected chi connectivity index (χ0v) is 16.9. The highest BCUT2D eigenvalue weighted by Gasteiger charge is 2.09. The first kappa shape index (κ1) is 23.7. The van der Waals surface area contributed by atoms with Crippen molar-refractivity contribution >= 4 is 11.9 Å². The van der Waals surface area contributed by atoms with Crippen molar-refractivity contribution in [1.29, 1.82) is 0 Å². The summed E-state index contributed by atoms with van der Waals surface area (Å²) < 4.78 is 10.6. The highest BCUT2D eigenvalue weighted by atomic mass is 16.5. The number of likely N-dealkylation sites (N-methyl/N-ethyl adjacent to an activating group) is 1. The molecule has 0 radical (unpaired) electrons. The summed E-state index contributed by atoms with van der Waals surface area (Å²) in [5.41, 5.74) is 0.455. The minimum Gasteiger partial charge on any atom is -0.462 e. The lowest BCUT2D eigenvalue weighted by Gasteiger charge is -2.23. The molecular formula is C19H34N3O4+. The van der Waals surface area contributed by atoms with Crippen LogP contribution in [0.4, 0.5) is 0 Å². The molecule has 0 fully saturated rings. The van der Waals surface area contributed by atoms with E-state index in [4.69, 9.17) is 9.47 Å². The van der Waals surface area contributed by atoms with Crippen molar-refractivity contribution in [1.82, 2.24) is 9.80 Å². The molecule has 0 atom stereocenters. The van der Waals surface area contributed by atoms with Gasteiger partial charge in [-0.2, -0.15) is 0 Å². The molecule has 0 unspecified atom stereocenters. The summed E-state index contributed by atoms with van der Waals surface area (Å²) in [6.07, 6.45) is 6.09. The molecule has 0 saturated carbocycles. The van der Waals surface area contributed by atoms with E-state index in [2.05, 4.69) is 44.1 Å². The Hall–Kier alpha value is -2.28. The maximum absolute atomic E-state index is 10.9. The smallest absolute Gasteiger partial charge is 0.333 e. The quantitative estimate of drug-likeness (QED) is 0.267. The lowest BCUT2D eigenvalue weighted by Crippen LogP contribution is -2.38. The Kier molecular flexibility index (Phi) is 11.1. The van der Waals surface area contributed by atoms with E-state index < -0.39 is 0 Å². The maximum Gasteiger partial charge on any atom is 0.333 e. The van der Waals surface area contributed by atoms with Crippen LogP contribution in [-0.2, 0) is 19.1 Å². The molecule has 0 aromatic carbocycles. The molecule has 1 aliphatic rings. The fraction of sp³-hybridized carbons (Fsp3) is 0.579. The van der Waals surface area contributed by atoms with Crippen LogP contribution in [0.2, 0.25) is 0 Å². The number of quaternary nitrogens is 1. The fourth-order valence-corrected chi connectivity index (χ4v) is 1.77. The Morgan fingerprint density at radius 2 is 1.85 bits per heavy atom. The summed E-state index contributed by atoms with van der Waals surface area (Å²) in [6, 6.07) is 0. The van der Waals surface area contributed by atoms with Gasteiger partial charge in [-0.1, -0.05) is 13.2 Å². The first-order valence-corrected chi connectivity index (χ1v) is 8.60. The van der Waals surface area contributed by atoms with Gasteiger partial charge in [-0.15, -0.1) is 0 Å². The van der Waals surface area contributed by atoms with E-state index in [9.17, 15) is 9.59 Å². The molecule has 7 nitrogen and oxygen atoms in total. The Morgan fingerprint density at radius 1 is 1.19 bits per heavy atom. The molecule has 1 heterocycles.